The fraction of sp³-hybridized carbons (Fsp3) is 0.409. The molecular weight excluding hydrogens is 292 g/mol. The van der Waals surface area contributed by atoms with Crippen LogP contribution in [0.2, 0.25) is 0 Å². The summed E-state index contributed by atoms with van der Waals surface area (Å²) in [6.07, 6.45) is 2.26. The predicted octanol–water partition coefficient (Wildman–Crippen LogP) is 4.17. The number of piperidine rings is 1. The minimum Gasteiger partial charge on any atom is -0.302 e. The van der Waals surface area contributed by atoms with Crippen molar-refractivity contribution in [2.24, 2.45) is 0 Å². The predicted molar refractivity (Wildman–Crippen MR) is 97.2 cm³/mol. The Kier molecular flexibility index (Phi) is 3.51. The van der Waals surface area contributed by atoms with Crippen molar-refractivity contribution in [2.75, 3.05) is 13.6 Å². The van der Waals surface area contributed by atoms with Gasteiger partial charge in [-0.1, -0.05) is 42.8 Å². The Morgan fingerprint density at radius 3 is 2.83 bits per heavy atom. The second-order valence-corrected chi connectivity index (χ2v) is 7.80. The van der Waals surface area contributed by atoms with Gasteiger partial charge < -0.3 is 4.90 Å². The van der Waals surface area contributed by atoms with Gasteiger partial charge in [-0.05, 0) is 62.2 Å². The molecule has 122 valence electrons. The first-order valence-corrected chi connectivity index (χ1v) is 8.83. The summed E-state index contributed by atoms with van der Waals surface area (Å²) in [6, 6.07) is 18.1. The normalized spacial score (nSPS) is 28.9. The molecule has 0 N–H and O–H groups in total. The molecule has 0 radical (unpaired) electrons. The molecule has 2 aromatic carbocycles. The molecule has 2 bridgehead atoms. The zero-order valence-corrected chi connectivity index (χ0v) is 14.7. The molecule has 2 aliphatic rings. The van der Waals surface area contributed by atoms with Crippen molar-refractivity contribution in [3.8, 4) is 6.07 Å². The van der Waals surface area contributed by atoms with Crippen LogP contribution in [0.25, 0.3) is 0 Å². The lowest BCUT2D eigenvalue weighted by molar-refractivity contribution is 0.0831. The first kappa shape index (κ1) is 15.4. The van der Waals surface area contributed by atoms with Crippen molar-refractivity contribution in [2.45, 2.75) is 44.1 Å². The van der Waals surface area contributed by atoms with Gasteiger partial charge in [0.2, 0.25) is 0 Å². The minimum absolute atomic E-state index is 0.144. The molecule has 1 heterocycles. The van der Waals surface area contributed by atoms with Gasteiger partial charge in [-0.15, -0.1) is 0 Å². The molecule has 0 aromatic heterocycles. The third-order valence-electron chi connectivity index (χ3n) is 6.31. The number of likely N-dealkylation sites (tertiary alicyclic amines) is 1. The first-order chi connectivity index (χ1) is 11.5. The van der Waals surface area contributed by atoms with Crippen molar-refractivity contribution in [3.05, 3.63) is 70.3 Å². The van der Waals surface area contributed by atoms with Gasteiger partial charge in [0, 0.05) is 17.4 Å². The summed E-state index contributed by atoms with van der Waals surface area (Å²) in [5.41, 5.74) is 6.61. The van der Waals surface area contributed by atoms with E-state index in [0.29, 0.717) is 12.0 Å². The van der Waals surface area contributed by atoms with Gasteiger partial charge in [-0.2, -0.15) is 5.26 Å². The highest BCUT2D eigenvalue weighted by Crippen LogP contribution is 2.53. The van der Waals surface area contributed by atoms with E-state index in [9.17, 15) is 5.26 Å². The Morgan fingerprint density at radius 1 is 1.21 bits per heavy atom. The van der Waals surface area contributed by atoms with Crippen molar-refractivity contribution in [3.63, 3.8) is 0 Å². The maximum absolute atomic E-state index is 9.31. The summed E-state index contributed by atoms with van der Waals surface area (Å²) in [6.45, 7) is 5.77. The average Bonchev–Trinajstić information content (AvgIpc) is 2.59. The topological polar surface area (TPSA) is 27.0 Å². The van der Waals surface area contributed by atoms with Gasteiger partial charge >= 0.3 is 0 Å². The summed E-state index contributed by atoms with van der Waals surface area (Å²) in [4.78, 5) is 2.52. The zero-order valence-electron chi connectivity index (χ0n) is 14.7. The third-order valence-corrected chi connectivity index (χ3v) is 6.31. The molecule has 24 heavy (non-hydrogen) atoms. The minimum atomic E-state index is 0.144. The van der Waals surface area contributed by atoms with Crippen LogP contribution in [0.1, 0.15) is 47.1 Å². The van der Waals surface area contributed by atoms with Gasteiger partial charge in [0.1, 0.15) is 0 Å². The lowest BCUT2D eigenvalue weighted by atomic mass is 9.56. The summed E-state index contributed by atoms with van der Waals surface area (Å²) < 4.78 is 0. The summed E-state index contributed by atoms with van der Waals surface area (Å²) in [5, 5.41) is 9.31. The fourth-order valence-electron chi connectivity index (χ4n) is 5.00. The second kappa shape index (κ2) is 5.46. The molecule has 2 nitrogen and oxygen atoms in total. The molecular formula is C22H24N2. The molecule has 1 fully saturated rings. The van der Waals surface area contributed by atoms with E-state index in [2.05, 4.69) is 62.2 Å². The number of rotatable bonds is 1. The van der Waals surface area contributed by atoms with Crippen molar-refractivity contribution < 1.29 is 0 Å². The molecule has 2 heteroatoms. The van der Waals surface area contributed by atoms with E-state index in [1.54, 1.807) is 0 Å². The van der Waals surface area contributed by atoms with E-state index in [1.807, 2.05) is 12.1 Å². The van der Waals surface area contributed by atoms with Gasteiger partial charge in [-0.3, -0.25) is 0 Å². The number of likely N-dealkylation sites (N-methyl/N-ethyl adjacent to an activating group) is 1. The van der Waals surface area contributed by atoms with Crippen LogP contribution in [-0.4, -0.2) is 24.5 Å². The summed E-state index contributed by atoms with van der Waals surface area (Å²) in [7, 11) is 2.25. The average molecular weight is 316 g/mol. The molecule has 0 saturated carbocycles. The first-order valence-electron chi connectivity index (χ1n) is 8.83. The molecule has 0 amide bonds. The van der Waals surface area contributed by atoms with Crippen LogP contribution in [0.3, 0.4) is 0 Å². The number of hydrogen-bond donors (Lipinski definition) is 0. The Hall–Kier alpha value is -2.11. The highest BCUT2D eigenvalue weighted by Gasteiger charge is 2.50. The van der Waals surface area contributed by atoms with Crippen molar-refractivity contribution in [1.29, 1.82) is 5.26 Å². The number of aryl methyl sites for hydroxylation is 1. The number of nitrogens with zero attached hydrogens (tertiary/aromatic N) is 2. The maximum atomic E-state index is 9.31. The standard InChI is InChI=1S/C22H24N2/c1-15-7-8-17-13-20-21(18-6-4-5-16(12-18)14-23)22(2,19(17)11-15)9-10-24(20)3/h4-8,11-12,20-21H,9-10,13H2,1-3H3/t20-,21+,22-/m1/s1. The molecule has 1 aliphatic carbocycles. The SMILES string of the molecule is Cc1ccc2c(c1)[C@@]1(C)CCN(C)[C@H](C2)[C@@H]1c1cccc(C#N)c1. The highest BCUT2D eigenvalue weighted by molar-refractivity contribution is 5.48. The van der Waals surface area contributed by atoms with Gasteiger partial charge in [0.05, 0.1) is 11.6 Å². The summed E-state index contributed by atoms with van der Waals surface area (Å²) in [5.74, 6) is 0.443. The van der Waals surface area contributed by atoms with Crippen LogP contribution in [0.5, 0.6) is 0 Å². The molecule has 1 saturated heterocycles. The van der Waals surface area contributed by atoms with Crippen LogP contribution in [-0.2, 0) is 11.8 Å². The van der Waals surface area contributed by atoms with E-state index in [0.717, 1.165) is 24.9 Å². The van der Waals surface area contributed by atoms with E-state index in [1.165, 1.54) is 22.3 Å². The number of nitriles is 1. The Morgan fingerprint density at radius 2 is 2.04 bits per heavy atom. The summed E-state index contributed by atoms with van der Waals surface area (Å²) >= 11 is 0. The van der Waals surface area contributed by atoms with Gasteiger partial charge in [-0.25, -0.2) is 0 Å². The molecule has 0 unspecified atom stereocenters. The fourth-order valence-corrected chi connectivity index (χ4v) is 5.00. The number of fused-ring (bicyclic) bond motifs is 4. The Bertz CT molecular complexity index is 832. The third kappa shape index (κ3) is 2.19. The largest absolute Gasteiger partial charge is 0.302 e. The Balaban J connectivity index is 1.91. The number of benzene rings is 2. The van der Waals surface area contributed by atoms with Crippen LogP contribution < -0.4 is 0 Å². The smallest absolute Gasteiger partial charge is 0.0991 e. The van der Waals surface area contributed by atoms with E-state index >= 15 is 0 Å². The van der Waals surface area contributed by atoms with Crippen LogP contribution in [0, 0.1) is 18.3 Å². The molecule has 1 aliphatic heterocycles. The molecule has 3 atom stereocenters. The van der Waals surface area contributed by atoms with E-state index in [-0.39, 0.29) is 5.41 Å². The zero-order chi connectivity index (χ0) is 16.9. The van der Waals surface area contributed by atoms with Crippen LogP contribution >= 0.6 is 0 Å². The van der Waals surface area contributed by atoms with Gasteiger partial charge in [0.15, 0.2) is 0 Å². The monoisotopic (exact) mass is 316 g/mol. The quantitative estimate of drug-likeness (QED) is 0.789. The van der Waals surface area contributed by atoms with Crippen molar-refractivity contribution in [1.82, 2.24) is 4.90 Å². The van der Waals surface area contributed by atoms with Crippen molar-refractivity contribution >= 4 is 0 Å². The van der Waals surface area contributed by atoms with Crippen LogP contribution in [0.15, 0.2) is 42.5 Å². The Labute approximate surface area is 144 Å². The number of hydrogen-bond acceptors (Lipinski definition) is 2. The molecule has 0 spiro atoms. The van der Waals surface area contributed by atoms with Gasteiger partial charge in [0.25, 0.3) is 0 Å². The lowest BCUT2D eigenvalue weighted by Crippen LogP contribution is -2.56. The van der Waals surface area contributed by atoms with Crippen LogP contribution in [0.4, 0.5) is 0 Å². The van der Waals surface area contributed by atoms with E-state index < -0.39 is 0 Å². The van der Waals surface area contributed by atoms with E-state index in [4.69, 9.17) is 0 Å². The second-order valence-electron chi connectivity index (χ2n) is 7.80. The molecule has 2 aromatic rings. The molecule has 4 rings (SSSR count). The highest BCUT2D eigenvalue weighted by atomic mass is 15.1. The lowest BCUT2D eigenvalue weighted by Gasteiger charge is -2.55. The maximum Gasteiger partial charge on any atom is 0.0991 e.